The Labute approximate surface area is 360 Å². The molecule has 10 atom stereocenters. The second-order valence-electron chi connectivity index (χ2n) is 24.2. The minimum atomic E-state index is -0.998. The highest BCUT2D eigenvalue weighted by atomic mass is 16.6. The summed E-state index contributed by atoms with van der Waals surface area (Å²) in [4.78, 5) is 55.4. The first-order valence-electron chi connectivity index (χ1n) is 23.7. The fraction of sp³-hybridized carbons (Fsp3) is 0.769. The number of rotatable bonds is 8. The van der Waals surface area contributed by atoms with E-state index in [-0.39, 0.29) is 68.6 Å². The lowest BCUT2D eigenvalue weighted by atomic mass is 9.33. The third kappa shape index (κ3) is 6.63. The molecule has 2 N–H and O–H groups in total. The van der Waals surface area contributed by atoms with Crippen molar-refractivity contribution in [2.24, 2.45) is 62.6 Å². The van der Waals surface area contributed by atoms with Gasteiger partial charge in [-0.3, -0.25) is 14.4 Å². The molecule has 1 aromatic carbocycles. The highest BCUT2D eigenvalue weighted by Gasteiger charge is 2.71. The number of Topliss-reactive ketones (excluding diaryl/α,β-unsaturated/α-hetero) is 1. The highest BCUT2D eigenvalue weighted by Crippen LogP contribution is 2.76. The molecule has 8 heteroatoms. The number of hydrogen-bond donors (Lipinski definition) is 2. The minimum absolute atomic E-state index is 0.00556. The molecule has 0 saturated heterocycles. The highest BCUT2D eigenvalue weighted by molar-refractivity contribution is 6.03. The topological polar surface area (TPSA) is 111 Å². The summed E-state index contributed by atoms with van der Waals surface area (Å²) < 4.78 is 12.2. The standard InChI is InChI=1S/C52H76N2O6/c1-31(2)40-36(55)30-52(53-43(57)51(26-27-51)54-44(58)60-45(3,4)5)25-24-49(11)34(41(40)52)18-19-38-48(10)22-21-39(47(8,9)37(48)20-23-50(38,49)12)59-42(56)35-29-33(46(35,6)7)28-32-16-14-13-15-17-32/h13-17,31,33-35,37-39H,18-30H2,1-12H3,(H,53,57)(H,54,58)/t33-,34-,35-,37+,38-,39+,48+,49-,50-,52-/m1/s1. The maximum absolute atomic E-state index is 14.3. The van der Waals surface area contributed by atoms with E-state index in [0.717, 1.165) is 69.8 Å². The lowest BCUT2D eigenvalue weighted by molar-refractivity contribution is -0.235. The van der Waals surface area contributed by atoms with Gasteiger partial charge in [0.15, 0.2) is 5.78 Å². The van der Waals surface area contributed by atoms with Crippen LogP contribution in [0.1, 0.15) is 166 Å². The Kier molecular flexibility index (Phi) is 10.3. The zero-order valence-corrected chi connectivity index (χ0v) is 39.1. The van der Waals surface area contributed by atoms with E-state index in [1.165, 1.54) is 11.1 Å². The molecular formula is C52H76N2O6. The quantitative estimate of drug-likeness (QED) is 0.253. The molecule has 0 radical (unpaired) electrons. The van der Waals surface area contributed by atoms with Gasteiger partial charge in [0.05, 0.1) is 11.5 Å². The Morgan fingerprint density at radius 1 is 0.783 bits per heavy atom. The number of ketones is 1. The molecule has 0 aromatic heterocycles. The van der Waals surface area contributed by atoms with Crippen molar-refractivity contribution >= 4 is 23.8 Å². The molecule has 0 bridgehead atoms. The number of alkyl carbamates (subject to hydrolysis) is 1. The largest absolute Gasteiger partial charge is 0.462 e. The van der Waals surface area contributed by atoms with Gasteiger partial charge in [0.2, 0.25) is 5.91 Å². The zero-order chi connectivity index (χ0) is 43.6. The van der Waals surface area contributed by atoms with Crippen molar-refractivity contribution in [1.82, 2.24) is 10.6 Å². The average molecular weight is 825 g/mol. The summed E-state index contributed by atoms with van der Waals surface area (Å²) in [5.74, 6) is 1.58. The van der Waals surface area contributed by atoms with Crippen LogP contribution in [-0.2, 0) is 30.3 Å². The summed E-state index contributed by atoms with van der Waals surface area (Å²) in [6, 6.07) is 10.7. The minimum Gasteiger partial charge on any atom is -0.462 e. The first-order chi connectivity index (χ1) is 27.8. The molecule has 0 unspecified atom stereocenters. The predicted molar refractivity (Wildman–Crippen MR) is 235 cm³/mol. The molecule has 8 rings (SSSR count). The number of nitrogens with one attached hydrogen (secondary N) is 2. The van der Waals surface area contributed by atoms with Crippen LogP contribution in [0.2, 0.25) is 0 Å². The summed E-state index contributed by atoms with van der Waals surface area (Å²) in [7, 11) is 0. The normalized spacial score (nSPS) is 39.6. The number of amides is 2. The van der Waals surface area contributed by atoms with Crippen LogP contribution in [0.5, 0.6) is 0 Å². The lowest BCUT2D eigenvalue weighted by Crippen LogP contribution is -2.68. The van der Waals surface area contributed by atoms with Crippen LogP contribution in [0.15, 0.2) is 41.5 Å². The number of benzene rings is 1. The van der Waals surface area contributed by atoms with Crippen molar-refractivity contribution in [3.63, 3.8) is 0 Å². The Morgan fingerprint density at radius 2 is 1.47 bits per heavy atom. The number of allylic oxidation sites excluding steroid dienone is 1. The summed E-state index contributed by atoms with van der Waals surface area (Å²) in [6.45, 7) is 26.7. The second-order valence-corrected chi connectivity index (χ2v) is 24.2. The predicted octanol–water partition coefficient (Wildman–Crippen LogP) is 10.7. The summed E-state index contributed by atoms with van der Waals surface area (Å²) in [6.07, 6.45) is 10.5. The van der Waals surface area contributed by atoms with E-state index >= 15 is 0 Å². The summed E-state index contributed by atoms with van der Waals surface area (Å²) in [5.41, 5.74) is 0.918. The molecule has 1 aromatic rings. The van der Waals surface area contributed by atoms with Gasteiger partial charge in [-0.1, -0.05) is 92.6 Å². The Balaban J connectivity index is 1.00. The van der Waals surface area contributed by atoms with Crippen molar-refractivity contribution in [3.05, 3.63) is 47.0 Å². The SMILES string of the molecule is CC(C)C1=C2[C@H]3CC[C@@H]4[C@@]5(C)CC[C@H](OC(=O)[C@H]6C[C@@H](Cc7ccccc7)C6(C)C)C(C)(C)[C@@H]5CC[C@@]4(C)[C@]3(C)CC[C@@]2(NC(=O)C2(NC(=O)OC(C)(C)C)CC2)CC1=O. The van der Waals surface area contributed by atoms with Gasteiger partial charge in [0, 0.05) is 11.8 Å². The van der Waals surface area contributed by atoms with Gasteiger partial charge in [-0.15, -0.1) is 0 Å². The van der Waals surface area contributed by atoms with Gasteiger partial charge in [0.25, 0.3) is 0 Å². The fourth-order valence-corrected chi connectivity index (χ4v) is 15.2. The van der Waals surface area contributed by atoms with E-state index in [1.54, 1.807) is 0 Å². The fourth-order valence-electron chi connectivity index (χ4n) is 15.2. The molecule has 6 fully saturated rings. The van der Waals surface area contributed by atoms with Crippen LogP contribution >= 0.6 is 0 Å². The first kappa shape index (κ1) is 43.5. The number of carbonyl (C=O) groups is 4. The van der Waals surface area contributed by atoms with Crippen molar-refractivity contribution in [2.75, 3.05) is 0 Å². The number of hydrogen-bond acceptors (Lipinski definition) is 6. The van der Waals surface area contributed by atoms with Gasteiger partial charge in [-0.2, -0.15) is 0 Å². The maximum atomic E-state index is 14.3. The van der Waals surface area contributed by atoms with Crippen molar-refractivity contribution in [1.29, 1.82) is 0 Å². The molecule has 7 aliphatic rings. The summed E-state index contributed by atoms with van der Waals surface area (Å²) >= 11 is 0. The van der Waals surface area contributed by atoms with Crippen LogP contribution in [0.4, 0.5) is 4.79 Å². The average Bonchev–Trinajstić information content (AvgIpc) is 3.86. The third-order valence-electron chi connectivity index (χ3n) is 19.0. The third-order valence-corrected chi connectivity index (χ3v) is 19.0. The van der Waals surface area contributed by atoms with Gasteiger partial charge in [0.1, 0.15) is 17.2 Å². The molecule has 8 nitrogen and oxygen atoms in total. The van der Waals surface area contributed by atoms with Gasteiger partial charge in [-0.05, 0) is 166 Å². The van der Waals surface area contributed by atoms with Gasteiger partial charge in [-0.25, -0.2) is 4.79 Å². The van der Waals surface area contributed by atoms with E-state index in [4.69, 9.17) is 9.47 Å². The van der Waals surface area contributed by atoms with Crippen LogP contribution in [0.25, 0.3) is 0 Å². The maximum Gasteiger partial charge on any atom is 0.408 e. The molecular weight excluding hydrogens is 749 g/mol. The molecule has 0 spiro atoms. The smallest absolute Gasteiger partial charge is 0.408 e. The van der Waals surface area contributed by atoms with E-state index < -0.39 is 22.8 Å². The Hall–Kier alpha value is -3.16. The summed E-state index contributed by atoms with van der Waals surface area (Å²) in [5, 5.41) is 6.42. The van der Waals surface area contributed by atoms with Crippen LogP contribution in [0, 0.1) is 62.6 Å². The zero-order valence-electron chi connectivity index (χ0n) is 39.1. The molecule has 6 saturated carbocycles. The monoisotopic (exact) mass is 825 g/mol. The van der Waals surface area contributed by atoms with E-state index in [1.807, 2.05) is 20.8 Å². The number of carbonyl (C=O) groups excluding carboxylic acids is 4. The van der Waals surface area contributed by atoms with Crippen molar-refractivity contribution in [2.45, 2.75) is 189 Å². The molecule has 0 aliphatic heterocycles. The van der Waals surface area contributed by atoms with E-state index in [9.17, 15) is 19.2 Å². The Morgan fingerprint density at radius 3 is 2.08 bits per heavy atom. The number of esters is 1. The van der Waals surface area contributed by atoms with Crippen molar-refractivity contribution in [3.8, 4) is 0 Å². The molecule has 2 amide bonds. The first-order valence-corrected chi connectivity index (χ1v) is 23.7. The van der Waals surface area contributed by atoms with Crippen LogP contribution < -0.4 is 10.6 Å². The lowest BCUT2D eigenvalue weighted by Gasteiger charge is -2.72. The Bertz CT molecular complexity index is 1950. The molecule has 330 valence electrons. The second kappa shape index (κ2) is 14.2. The van der Waals surface area contributed by atoms with Crippen LogP contribution in [0.3, 0.4) is 0 Å². The van der Waals surface area contributed by atoms with Crippen molar-refractivity contribution < 1.29 is 28.7 Å². The van der Waals surface area contributed by atoms with Crippen LogP contribution in [-0.4, -0.2) is 46.5 Å². The number of ether oxygens (including phenoxy) is 2. The van der Waals surface area contributed by atoms with E-state index in [0.29, 0.717) is 37.0 Å². The number of fused-ring (bicyclic) bond motifs is 7. The molecule has 7 aliphatic carbocycles. The molecule has 0 heterocycles. The van der Waals surface area contributed by atoms with Gasteiger partial charge >= 0.3 is 12.1 Å². The van der Waals surface area contributed by atoms with E-state index in [2.05, 4.69) is 103 Å². The molecule has 60 heavy (non-hydrogen) atoms. The van der Waals surface area contributed by atoms with Gasteiger partial charge < -0.3 is 20.1 Å².